The number of aliphatic carboxylic acids is 1. The van der Waals surface area contributed by atoms with Gasteiger partial charge in [-0.25, -0.2) is 0 Å². The molecule has 5 atom stereocenters. The van der Waals surface area contributed by atoms with Crippen molar-refractivity contribution in [3.8, 4) is 0 Å². The van der Waals surface area contributed by atoms with E-state index in [-0.39, 0.29) is 17.1 Å². The van der Waals surface area contributed by atoms with Crippen molar-refractivity contribution < 1.29 is 14.7 Å². The highest BCUT2D eigenvalue weighted by Gasteiger charge is 2.58. The Balaban J connectivity index is 2.06. The first-order valence-electron chi connectivity index (χ1n) is 8.81. The molecule has 3 nitrogen and oxygen atoms in total. The van der Waals surface area contributed by atoms with E-state index in [1.807, 2.05) is 19.9 Å². The first-order chi connectivity index (χ1) is 10.7. The van der Waals surface area contributed by atoms with E-state index in [1.54, 1.807) is 6.08 Å². The Morgan fingerprint density at radius 2 is 2.00 bits per heavy atom. The Morgan fingerprint density at radius 3 is 2.61 bits per heavy atom. The molecule has 1 N–H and O–H groups in total. The number of fused-ring (bicyclic) bond motifs is 3. The summed E-state index contributed by atoms with van der Waals surface area (Å²) in [7, 11) is 0. The Bertz CT molecular complexity index is 604. The third-order valence-corrected chi connectivity index (χ3v) is 7.29. The normalized spacial score (nSPS) is 46.4. The summed E-state index contributed by atoms with van der Waals surface area (Å²) in [5.74, 6) is -0.00787. The molecule has 0 amide bonds. The maximum absolute atomic E-state index is 12.6. The molecule has 0 saturated heterocycles. The molecule has 23 heavy (non-hydrogen) atoms. The van der Waals surface area contributed by atoms with Crippen molar-refractivity contribution in [2.24, 2.45) is 28.1 Å². The van der Waals surface area contributed by atoms with Gasteiger partial charge in [-0.15, -0.1) is 6.58 Å². The fraction of sp³-hybridized carbons (Fsp3) is 0.700. The van der Waals surface area contributed by atoms with E-state index in [0.29, 0.717) is 5.92 Å². The molecule has 126 valence electrons. The average Bonchev–Trinajstić information content (AvgIpc) is 2.49. The van der Waals surface area contributed by atoms with Crippen LogP contribution in [0.2, 0.25) is 0 Å². The molecular weight excluding hydrogens is 288 g/mol. The number of carboxylic acids is 1. The SMILES string of the molecule is C=C[C@]1(C)C[C@@H]2CC[C@@H]3[C@](C)(C(=O)O)CCC[C@]3(C)C2=CC1=O. The van der Waals surface area contributed by atoms with Crippen LogP contribution >= 0.6 is 0 Å². The van der Waals surface area contributed by atoms with Crippen LogP contribution in [0.1, 0.15) is 59.3 Å². The van der Waals surface area contributed by atoms with Gasteiger partial charge in [0.1, 0.15) is 0 Å². The smallest absolute Gasteiger partial charge is 0.309 e. The van der Waals surface area contributed by atoms with Crippen LogP contribution in [0.15, 0.2) is 24.3 Å². The van der Waals surface area contributed by atoms with E-state index in [1.165, 1.54) is 5.57 Å². The molecular formula is C20H28O3. The summed E-state index contributed by atoms with van der Waals surface area (Å²) >= 11 is 0. The summed E-state index contributed by atoms with van der Waals surface area (Å²) < 4.78 is 0. The van der Waals surface area contributed by atoms with E-state index < -0.39 is 16.8 Å². The van der Waals surface area contributed by atoms with Gasteiger partial charge in [0.25, 0.3) is 0 Å². The Kier molecular flexibility index (Phi) is 3.62. The number of ketones is 1. The zero-order valence-electron chi connectivity index (χ0n) is 14.5. The predicted molar refractivity (Wildman–Crippen MR) is 89.9 cm³/mol. The molecule has 0 heterocycles. The number of hydrogen-bond donors (Lipinski definition) is 1. The predicted octanol–water partition coefficient (Wildman–Crippen LogP) is 4.39. The fourth-order valence-electron chi connectivity index (χ4n) is 5.70. The highest BCUT2D eigenvalue weighted by Crippen LogP contribution is 2.63. The van der Waals surface area contributed by atoms with Crippen molar-refractivity contribution in [3.63, 3.8) is 0 Å². The molecule has 2 fully saturated rings. The van der Waals surface area contributed by atoms with E-state index >= 15 is 0 Å². The lowest BCUT2D eigenvalue weighted by Crippen LogP contribution is -2.53. The number of carbonyl (C=O) groups is 2. The van der Waals surface area contributed by atoms with Gasteiger partial charge in [0.15, 0.2) is 5.78 Å². The summed E-state index contributed by atoms with van der Waals surface area (Å²) in [5, 5.41) is 9.82. The lowest BCUT2D eigenvalue weighted by atomic mass is 9.46. The second-order valence-corrected chi connectivity index (χ2v) is 8.61. The van der Waals surface area contributed by atoms with E-state index in [0.717, 1.165) is 38.5 Å². The zero-order chi connectivity index (χ0) is 17.0. The average molecular weight is 316 g/mol. The van der Waals surface area contributed by atoms with Gasteiger partial charge in [0, 0.05) is 5.41 Å². The lowest BCUT2D eigenvalue weighted by molar-refractivity contribution is -0.160. The van der Waals surface area contributed by atoms with E-state index in [4.69, 9.17) is 0 Å². The monoisotopic (exact) mass is 316 g/mol. The summed E-state index contributed by atoms with van der Waals surface area (Å²) in [6.07, 6.45) is 9.09. The first-order valence-corrected chi connectivity index (χ1v) is 8.81. The molecule has 0 aromatic heterocycles. The van der Waals surface area contributed by atoms with Crippen LogP contribution in [0.25, 0.3) is 0 Å². The van der Waals surface area contributed by atoms with Gasteiger partial charge < -0.3 is 5.11 Å². The first kappa shape index (κ1) is 16.5. The van der Waals surface area contributed by atoms with Crippen molar-refractivity contribution >= 4 is 11.8 Å². The summed E-state index contributed by atoms with van der Waals surface area (Å²) in [6, 6.07) is 0. The van der Waals surface area contributed by atoms with Gasteiger partial charge in [-0.05, 0) is 69.3 Å². The van der Waals surface area contributed by atoms with Crippen LogP contribution in [0.4, 0.5) is 0 Å². The van der Waals surface area contributed by atoms with Crippen LogP contribution in [-0.2, 0) is 9.59 Å². The minimum Gasteiger partial charge on any atom is -0.481 e. The van der Waals surface area contributed by atoms with E-state index in [2.05, 4.69) is 13.5 Å². The topological polar surface area (TPSA) is 54.4 Å². The van der Waals surface area contributed by atoms with Crippen LogP contribution in [0.3, 0.4) is 0 Å². The van der Waals surface area contributed by atoms with Gasteiger partial charge in [-0.3, -0.25) is 9.59 Å². The summed E-state index contributed by atoms with van der Waals surface area (Å²) in [5.41, 5.74) is -0.0411. The minimum atomic E-state index is -0.675. The van der Waals surface area contributed by atoms with Crippen molar-refractivity contribution in [3.05, 3.63) is 24.3 Å². The highest BCUT2D eigenvalue weighted by atomic mass is 16.4. The number of carbonyl (C=O) groups excluding carboxylic acids is 1. The molecule has 0 radical (unpaired) electrons. The maximum Gasteiger partial charge on any atom is 0.309 e. The van der Waals surface area contributed by atoms with E-state index in [9.17, 15) is 14.7 Å². The van der Waals surface area contributed by atoms with Crippen molar-refractivity contribution in [2.75, 3.05) is 0 Å². The van der Waals surface area contributed by atoms with Crippen LogP contribution in [0, 0.1) is 28.1 Å². The molecule has 3 aliphatic rings. The third kappa shape index (κ3) is 2.15. The second kappa shape index (κ2) is 5.06. The quantitative estimate of drug-likeness (QED) is 0.769. The third-order valence-electron chi connectivity index (χ3n) is 7.29. The summed E-state index contributed by atoms with van der Waals surface area (Å²) in [6.45, 7) is 9.96. The van der Waals surface area contributed by atoms with Crippen LogP contribution < -0.4 is 0 Å². The molecule has 0 bridgehead atoms. The Morgan fingerprint density at radius 1 is 1.30 bits per heavy atom. The molecule has 2 saturated carbocycles. The lowest BCUT2D eigenvalue weighted by Gasteiger charge is -2.57. The van der Waals surface area contributed by atoms with Crippen LogP contribution in [-0.4, -0.2) is 16.9 Å². The van der Waals surface area contributed by atoms with Crippen LogP contribution in [0.5, 0.6) is 0 Å². The zero-order valence-corrected chi connectivity index (χ0v) is 14.5. The Labute approximate surface area is 138 Å². The molecule has 0 aromatic carbocycles. The van der Waals surface area contributed by atoms with Crippen molar-refractivity contribution in [2.45, 2.75) is 59.3 Å². The maximum atomic E-state index is 12.6. The van der Waals surface area contributed by atoms with Gasteiger partial charge in [0.2, 0.25) is 0 Å². The number of allylic oxidation sites excluding steroid dienone is 3. The largest absolute Gasteiger partial charge is 0.481 e. The van der Waals surface area contributed by atoms with Gasteiger partial charge >= 0.3 is 5.97 Å². The molecule has 0 spiro atoms. The molecule has 0 aliphatic heterocycles. The molecule has 0 aromatic rings. The fourth-order valence-corrected chi connectivity index (χ4v) is 5.70. The number of hydrogen-bond acceptors (Lipinski definition) is 2. The van der Waals surface area contributed by atoms with Crippen molar-refractivity contribution in [1.29, 1.82) is 0 Å². The van der Waals surface area contributed by atoms with Gasteiger partial charge in [-0.2, -0.15) is 0 Å². The Hall–Kier alpha value is -1.38. The van der Waals surface area contributed by atoms with Gasteiger partial charge in [-0.1, -0.05) is 25.0 Å². The molecule has 3 heteroatoms. The van der Waals surface area contributed by atoms with Gasteiger partial charge in [0.05, 0.1) is 5.41 Å². The molecule has 3 rings (SSSR count). The number of carboxylic acid groups (broad SMARTS) is 1. The molecule has 0 unspecified atom stereocenters. The second-order valence-electron chi connectivity index (χ2n) is 8.61. The minimum absolute atomic E-state index is 0.129. The molecule has 3 aliphatic carbocycles. The standard InChI is InChI=1S/C20H28O3/c1-5-18(2)12-13-7-8-15-19(3,14(13)11-16(18)21)9-6-10-20(15,4)17(22)23/h5,11,13,15H,1,6-10,12H2,2-4H3,(H,22,23)/t13-,15-,18+,19+,20+/m0/s1. The van der Waals surface area contributed by atoms with Crippen molar-refractivity contribution in [1.82, 2.24) is 0 Å². The number of rotatable bonds is 2. The summed E-state index contributed by atoms with van der Waals surface area (Å²) in [4.78, 5) is 24.6. The highest BCUT2D eigenvalue weighted by molar-refractivity contribution is 5.97.